The lowest BCUT2D eigenvalue weighted by molar-refractivity contribution is -0.137. The van der Waals surface area contributed by atoms with Crippen LogP contribution in [0.25, 0.3) is 0 Å². The lowest BCUT2D eigenvalue weighted by Crippen LogP contribution is -2.09. The summed E-state index contributed by atoms with van der Waals surface area (Å²) in [6.45, 7) is 2.73. The van der Waals surface area contributed by atoms with E-state index in [-0.39, 0.29) is 24.4 Å². The maximum atomic E-state index is 13.3. The Balaban J connectivity index is 2.64. The highest BCUT2D eigenvalue weighted by Crippen LogP contribution is 2.23. The van der Waals surface area contributed by atoms with Crippen molar-refractivity contribution in [2.75, 3.05) is 0 Å². The van der Waals surface area contributed by atoms with E-state index in [1.807, 2.05) is 0 Å². The highest BCUT2D eigenvalue weighted by Gasteiger charge is 2.23. The molecule has 0 atom stereocenters. The molecule has 1 aromatic rings. The molecule has 0 aliphatic heterocycles. The maximum absolute atomic E-state index is 13.3. The molecule has 0 fully saturated rings. The molecular weight excluding hydrogens is 189 g/mol. The van der Waals surface area contributed by atoms with Crippen molar-refractivity contribution in [2.24, 2.45) is 0 Å². The van der Waals surface area contributed by atoms with Gasteiger partial charge in [0.1, 0.15) is 17.6 Å². The van der Waals surface area contributed by atoms with Crippen LogP contribution in [0, 0.1) is 0 Å². The Kier molecular flexibility index (Phi) is 2.88. The molecule has 1 rings (SSSR count). The van der Waals surface area contributed by atoms with Crippen molar-refractivity contribution in [3.8, 4) is 0 Å². The summed E-state index contributed by atoms with van der Waals surface area (Å²) in [7, 11) is 0. The van der Waals surface area contributed by atoms with Crippen LogP contribution in [0.5, 0.6) is 0 Å². The van der Waals surface area contributed by atoms with Gasteiger partial charge < -0.3 is 9.52 Å². The predicted molar refractivity (Wildman–Crippen MR) is 46.6 cm³/mol. The summed E-state index contributed by atoms with van der Waals surface area (Å²) < 4.78 is 18.2. The molecule has 0 aliphatic rings. The third-order valence-corrected chi connectivity index (χ3v) is 1.71. The lowest BCUT2D eigenvalue weighted by Gasteiger charge is -2.07. The van der Waals surface area contributed by atoms with Crippen molar-refractivity contribution in [3.05, 3.63) is 17.8 Å². The van der Waals surface area contributed by atoms with Gasteiger partial charge >= 0.3 is 5.97 Å². The number of hydrogen-bond acceptors (Lipinski definition) is 3. The first-order valence-corrected chi connectivity index (χ1v) is 4.25. The van der Waals surface area contributed by atoms with Crippen LogP contribution in [0.2, 0.25) is 0 Å². The van der Waals surface area contributed by atoms with Gasteiger partial charge in [-0.25, -0.2) is 9.37 Å². The molecule has 0 spiro atoms. The summed E-state index contributed by atoms with van der Waals surface area (Å²) >= 11 is 0. The molecule has 4 nitrogen and oxygen atoms in total. The zero-order valence-corrected chi connectivity index (χ0v) is 8.08. The predicted octanol–water partition coefficient (Wildman–Crippen LogP) is 1.90. The van der Waals surface area contributed by atoms with Crippen LogP contribution >= 0.6 is 0 Å². The highest BCUT2D eigenvalue weighted by molar-refractivity contribution is 5.66. The second-order valence-electron chi connectivity index (χ2n) is 3.49. The molecule has 14 heavy (non-hydrogen) atoms. The number of carbonyl (C=O) groups is 1. The molecule has 1 N–H and O–H groups in total. The Morgan fingerprint density at radius 1 is 1.71 bits per heavy atom. The second kappa shape index (κ2) is 3.77. The first-order chi connectivity index (χ1) is 6.39. The van der Waals surface area contributed by atoms with E-state index in [2.05, 4.69) is 4.98 Å². The van der Waals surface area contributed by atoms with Gasteiger partial charge in [0.15, 0.2) is 5.89 Å². The van der Waals surface area contributed by atoms with E-state index in [0.717, 1.165) is 0 Å². The van der Waals surface area contributed by atoms with Gasteiger partial charge in [-0.1, -0.05) is 0 Å². The van der Waals surface area contributed by atoms with Crippen LogP contribution < -0.4 is 0 Å². The zero-order valence-electron chi connectivity index (χ0n) is 8.08. The topological polar surface area (TPSA) is 63.3 Å². The minimum absolute atomic E-state index is 0.0628. The number of rotatable bonds is 4. The Bertz CT molecular complexity index is 327. The number of carboxylic acids is 1. The number of halogens is 1. The fraction of sp³-hybridized carbons (Fsp3) is 0.556. The largest absolute Gasteiger partial charge is 0.481 e. The molecule has 0 saturated carbocycles. The molecule has 1 aromatic heterocycles. The van der Waals surface area contributed by atoms with Gasteiger partial charge in [0, 0.05) is 6.42 Å². The minimum Gasteiger partial charge on any atom is -0.481 e. The summed E-state index contributed by atoms with van der Waals surface area (Å²) in [5, 5.41) is 8.40. The van der Waals surface area contributed by atoms with Crippen molar-refractivity contribution in [2.45, 2.75) is 32.4 Å². The number of nitrogens with zero attached hydrogens (tertiary/aromatic N) is 1. The number of aryl methyl sites for hydroxylation is 1. The summed E-state index contributed by atoms with van der Waals surface area (Å²) in [5.74, 6) is -0.669. The molecule has 0 radical (unpaired) electrons. The van der Waals surface area contributed by atoms with Crippen LogP contribution in [0.1, 0.15) is 31.9 Å². The molecular formula is C9H12FNO3. The van der Waals surface area contributed by atoms with Crippen LogP contribution in [0.4, 0.5) is 4.39 Å². The number of alkyl halides is 1. The van der Waals surface area contributed by atoms with E-state index in [4.69, 9.17) is 9.52 Å². The monoisotopic (exact) mass is 201 g/mol. The third-order valence-electron chi connectivity index (χ3n) is 1.71. The number of carboxylic acid groups (broad SMARTS) is 1. The molecule has 0 amide bonds. The molecule has 78 valence electrons. The highest BCUT2D eigenvalue weighted by atomic mass is 19.1. The first kappa shape index (κ1) is 10.7. The van der Waals surface area contributed by atoms with E-state index in [9.17, 15) is 9.18 Å². The first-order valence-electron chi connectivity index (χ1n) is 4.25. The Morgan fingerprint density at radius 3 is 2.79 bits per heavy atom. The summed E-state index contributed by atoms with van der Waals surface area (Å²) in [5.41, 5.74) is -1.36. The summed E-state index contributed by atoms with van der Waals surface area (Å²) in [6.07, 6.45) is 1.34. The number of aliphatic carboxylic acids is 1. The molecule has 5 heteroatoms. The summed E-state index contributed by atoms with van der Waals surface area (Å²) in [6, 6.07) is 0. The van der Waals surface area contributed by atoms with Crippen molar-refractivity contribution in [1.82, 2.24) is 4.98 Å². The summed E-state index contributed by atoms with van der Waals surface area (Å²) in [4.78, 5) is 14.1. The molecule has 0 aromatic carbocycles. The van der Waals surface area contributed by atoms with E-state index < -0.39 is 11.6 Å². The molecule has 0 bridgehead atoms. The van der Waals surface area contributed by atoms with Gasteiger partial charge in [-0.15, -0.1) is 0 Å². The van der Waals surface area contributed by atoms with E-state index in [0.29, 0.717) is 0 Å². The van der Waals surface area contributed by atoms with Gasteiger partial charge in [0.05, 0.1) is 6.42 Å². The van der Waals surface area contributed by atoms with Gasteiger partial charge in [-0.2, -0.15) is 0 Å². The average Bonchev–Trinajstić information content (AvgIpc) is 2.47. The SMILES string of the molecule is CC(C)(F)c1coc(CCC(=O)O)n1. The van der Waals surface area contributed by atoms with E-state index in [1.54, 1.807) is 0 Å². The van der Waals surface area contributed by atoms with E-state index in [1.165, 1.54) is 20.1 Å². The standard InChI is InChI=1S/C9H12FNO3/c1-9(2,10)6-5-14-7(11-6)3-4-8(12)13/h5H,3-4H2,1-2H3,(H,12,13). The molecule has 0 saturated heterocycles. The van der Waals surface area contributed by atoms with Crippen LogP contribution in [0.15, 0.2) is 10.7 Å². The normalized spacial score (nSPS) is 11.6. The number of aromatic nitrogens is 1. The van der Waals surface area contributed by atoms with Crippen molar-refractivity contribution in [3.63, 3.8) is 0 Å². The number of hydrogen-bond donors (Lipinski definition) is 1. The van der Waals surface area contributed by atoms with Crippen molar-refractivity contribution in [1.29, 1.82) is 0 Å². The maximum Gasteiger partial charge on any atom is 0.303 e. The van der Waals surface area contributed by atoms with E-state index >= 15 is 0 Å². The van der Waals surface area contributed by atoms with Crippen LogP contribution in [0.3, 0.4) is 0 Å². The lowest BCUT2D eigenvalue weighted by atomic mass is 10.1. The Labute approximate surface area is 80.8 Å². The Morgan fingerprint density at radius 2 is 2.36 bits per heavy atom. The number of oxazole rings is 1. The molecule has 1 heterocycles. The fourth-order valence-corrected chi connectivity index (χ4v) is 0.913. The molecule has 0 unspecified atom stereocenters. The van der Waals surface area contributed by atoms with Crippen molar-refractivity contribution < 1.29 is 18.7 Å². The van der Waals surface area contributed by atoms with Gasteiger partial charge in [-0.05, 0) is 13.8 Å². The smallest absolute Gasteiger partial charge is 0.303 e. The van der Waals surface area contributed by atoms with Gasteiger partial charge in [0.2, 0.25) is 0 Å². The Hall–Kier alpha value is -1.39. The minimum atomic E-state index is -1.55. The molecule has 0 aliphatic carbocycles. The van der Waals surface area contributed by atoms with Gasteiger partial charge in [0.25, 0.3) is 0 Å². The fourth-order valence-electron chi connectivity index (χ4n) is 0.913. The van der Waals surface area contributed by atoms with Crippen LogP contribution in [-0.2, 0) is 16.9 Å². The van der Waals surface area contributed by atoms with Crippen molar-refractivity contribution >= 4 is 5.97 Å². The average molecular weight is 201 g/mol. The quantitative estimate of drug-likeness (QED) is 0.808. The zero-order chi connectivity index (χ0) is 10.8. The van der Waals surface area contributed by atoms with Gasteiger partial charge in [-0.3, -0.25) is 4.79 Å². The second-order valence-corrected chi connectivity index (χ2v) is 3.49. The third kappa shape index (κ3) is 2.83. The van der Waals surface area contributed by atoms with Crippen LogP contribution in [-0.4, -0.2) is 16.1 Å².